The first kappa shape index (κ1) is 17.4. The topological polar surface area (TPSA) is 95.2 Å². The zero-order chi connectivity index (χ0) is 16.1. The molecule has 0 aliphatic rings. The molecule has 0 bridgehead atoms. The average Bonchev–Trinajstić information content (AvgIpc) is 2.47. The predicted molar refractivity (Wildman–Crippen MR) is 83.5 cm³/mol. The van der Waals surface area contributed by atoms with Gasteiger partial charge in [-0.15, -0.1) is 0 Å². The van der Waals surface area contributed by atoms with Gasteiger partial charge in [-0.1, -0.05) is 0 Å². The van der Waals surface area contributed by atoms with Gasteiger partial charge in [0.15, 0.2) is 0 Å². The van der Waals surface area contributed by atoms with Gasteiger partial charge in [-0.05, 0) is 0 Å². The summed E-state index contributed by atoms with van der Waals surface area (Å²) in [5.74, 6) is 0. The number of hydrogen-bond acceptors (Lipinski definition) is 5. The molecule has 0 fully saturated rings. The fraction of sp³-hybridized carbons (Fsp3) is 0.333. The second-order valence-electron chi connectivity index (χ2n) is 5.54. The summed E-state index contributed by atoms with van der Waals surface area (Å²) in [7, 11) is 0. The van der Waals surface area contributed by atoms with E-state index in [0.717, 1.165) is 11.8 Å². The minimum atomic E-state index is -3.27. The number of nitriles is 4. The summed E-state index contributed by atoms with van der Waals surface area (Å²) in [4.78, 5) is 6.40. The van der Waals surface area contributed by atoms with E-state index in [9.17, 15) is 21.0 Å². The first-order valence-electron chi connectivity index (χ1n) is 6.21. The van der Waals surface area contributed by atoms with Crippen molar-refractivity contribution in [3.05, 3.63) is 30.3 Å². The molecule has 0 unspecified atom stereocenters. The predicted octanol–water partition coefficient (Wildman–Crippen LogP) is 3.69. The van der Waals surface area contributed by atoms with Crippen LogP contribution in [0, 0.1) is 45.3 Å². The van der Waals surface area contributed by atoms with Crippen molar-refractivity contribution < 1.29 is 0 Å². The molecule has 0 aliphatic carbocycles. The van der Waals surface area contributed by atoms with Gasteiger partial charge < -0.3 is 0 Å². The summed E-state index contributed by atoms with van der Waals surface area (Å²) in [6.07, 6.45) is 0. The molecule has 21 heavy (non-hydrogen) atoms. The molecule has 6 heteroatoms. The SMILES string of the molecule is [CH3][Sn]([CH3])([CH3])[C](C#N)(C#N)C(C#N)(C#N)Sc1ccccc1. The maximum atomic E-state index is 9.65. The molecular weight excluding hydrogens is 387 g/mol. The van der Waals surface area contributed by atoms with Crippen molar-refractivity contribution in [3.63, 3.8) is 0 Å². The number of thioether (sulfide) groups is 1. The Labute approximate surface area is 133 Å². The summed E-state index contributed by atoms with van der Waals surface area (Å²) in [5.41, 5.74) is 0. The molecule has 4 nitrogen and oxygen atoms in total. The van der Waals surface area contributed by atoms with E-state index < -0.39 is 26.6 Å². The van der Waals surface area contributed by atoms with Crippen LogP contribution in [0.4, 0.5) is 0 Å². The van der Waals surface area contributed by atoms with Gasteiger partial charge in [0.05, 0.1) is 0 Å². The zero-order valence-corrected chi connectivity index (χ0v) is 15.8. The van der Waals surface area contributed by atoms with Crippen molar-refractivity contribution in [2.75, 3.05) is 0 Å². The Morgan fingerprint density at radius 3 is 1.67 bits per heavy atom. The van der Waals surface area contributed by atoms with Crippen LogP contribution in [0.15, 0.2) is 35.2 Å². The van der Waals surface area contributed by atoms with Crippen LogP contribution < -0.4 is 0 Å². The van der Waals surface area contributed by atoms with Crippen LogP contribution >= 0.6 is 11.8 Å². The monoisotopic (exact) mass is 402 g/mol. The third kappa shape index (κ3) is 2.86. The van der Waals surface area contributed by atoms with Crippen molar-refractivity contribution in [1.29, 1.82) is 21.0 Å². The van der Waals surface area contributed by atoms with Crippen LogP contribution in [0.25, 0.3) is 0 Å². The average molecular weight is 401 g/mol. The molecule has 1 rings (SSSR count). The van der Waals surface area contributed by atoms with Gasteiger partial charge in [0.2, 0.25) is 0 Å². The van der Waals surface area contributed by atoms with Crippen molar-refractivity contribution in [1.82, 2.24) is 0 Å². The molecule has 0 heterocycles. The number of rotatable bonds is 4. The number of nitrogens with zero attached hydrogens (tertiary/aromatic N) is 4. The molecule has 1 aromatic carbocycles. The van der Waals surface area contributed by atoms with E-state index in [1.807, 2.05) is 45.2 Å². The molecule has 0 aromatic heterocycles. The Balaban J connectivity index is 3.56. The summed E-state index contributed by atoms with van der Waals surface area (Å²) >= 11 is -2.27. The van der Waals surface area contributed by atoms with Crippen molar-refractivity contribution in [3.8, 4) is 24.3 Å². The van der Waals surface area contributed by atoms with Crippen LogP contribution in [-0.2, 0) is 0 Å². The van der Waals surface area contributed by atoms with E-state index in [-0.39, 0.29) is 0 Å². The van der Waals surface area contributed by atoms with Gasteiger partial charge in [-0.3, -0.25) is 0 Å². The second kappa shape index (κ2) is 6.40. The second-order valence-corrected chi connectivity index (χ2v) is 21.8. The van der Waals surface area contributed by atoms with Crippen LogP contribution in [0.3, 0.4) is 0 Å². The first-order valence-corrected chi connectivity index (χ1v) is 17.0. The van der Waals surface area contributed by atoms with E-state index in [4.69, 9.17) is 0 Å². The molecule has 0 amide bonds. The molecule has 104 valence electrons. The molecule has 0 N–H and O–H groups in total. The van der Waals surface area contributed by atoms with Gasteiger partial charge in [-0.2, -0.15) is 0 Å². The summed E-state index contributed by atoms with van der Waals surface area (Å²) in [6, 6.07) is 17.0. The third-order valence-electron chi connectivity index (χ3n) is 3.32. The van der Waals surface area contributed by atoms with Gasteiger partial charge in [-0.25, -0.2) is 0 Å². The van der Waals surface area contributed by atoms with Gasteiger partial charge in [0, 0.05) is 0 Å². The standard InChI is InChI=1S/C12H5N4S.3CH3.Sn/c13-6-10(7-14)12(8-15,9-16)17-11-4-2-1-3-5-11;;;;/h1-5H;3*1H3;. The molecule has 0 saturated heterocycles. The first-order chi connectivity index (χ1) is 9.82. The molecule has 0 saturated carbocycles. The van der Waals surface area contributed by atoms with E-state index in [1.54, 1.807) is 24.3 Å². The van der Waals surface area contributed by atoms with Crippen molar-refractivity contribution in [2.45, 2.75) is 27.9 Å². The Kier molecular flexibility index (Phi) is 5.30. The molecule has 0 aliphatic heterocycles. The fourth-order valence-corrected chi connectivity index (χ4v) is 10.7. The van der Waals surface area contributed by atoms with Gasteiger partial charge in [0.25, 0.3) is 0 Å². The molecule has 0 atom stereocenters. The zero-order valence-electron chi connectivity index (χ0n) is 12.1. The third-order valence-corrected chi connectivity index (χ3v) is 13.3. The summed E-state index contributed by atoms with van der Waals surface area (Å²) < 4.78 is -3.27. The Morgan fingerprint density at radius 1 is 0.857 bits per heavy atom. The van der Waals surface area contributed by atoms with Crippen LogP contribution in [0.5, 0.6) is 0 Å². The quantitative estimate of drug-likeness (QED) is 0.567. The molecule has 0 radical (unpaired) electrons. The van der Waals surface area contributed by atoms with E-state index in [2.05, 4.69) is 0 Å². The maximum absolute atomic E-state index is 9.65. The fourth-order valence-electron chi connectivity index (χ4n) is 2.03. The Morgan fingerprint density at radius 2 is 1.33 bits per heavy atom. The van der Waals surface area contributed by atoms with E-state index in [1.165, 1.54) is 0 Å². The van der Waals surface area contributed by atoms with E-state index in [0.29, 0.717) is 4.90 Å². The Hall–Kier alpha value is -1.67. The molecule has 0 spiro atoms. The van der Waals surface area contributed by atoms with Gasteiger partial charge >= 0.3 is 134 Å². The normalized spacial score (nSPS) is 11.6. The van der Waals surface area contributed by atoms with E-state index >= 15 is 0 Å². The van der Waals surface area contributed by atoms with Crippen LogP contribution in [-0.4, -0.2) is 23.1 Å². The van der Waals surface area contributed by atoms with Crippen molar-refractivity contribution in [2.24, 2.45) is 0 Å². The number of benzene rings is 1. The molecular formula is C15H14N4SSn. The Bertz CT molecular complexity index is 652. The van der Waals surface area contributed by atoms with Gasteiger partial charge in [0.1, 0.15) is 0 Å². The summed E-state index contributed by atoms with van der Waals surface area (Å²) in [6.45, 7) is 0. The van der Waals surface area contributed by atoms with Crippen LogP contribution in [0.1, 0.15) is 0 Å². The van der Waals surface area contributed by atoms with Crippen LogP contribution in [0.2, 0.25) is 18.2 Å². The molecule has 1 aromatic rings. The number of hydrogen-bond donors (Lipinski definition) is 0. The summed E-state index contributed by atoms with van der Waals surface area (Å²) in [5, 5.41) is 38.6. The van der Waals surface area contributed by atoms with Crippen molar-refractivity contribution >= 4 is 30.1 Å². The minimum absolute atomic E-state index is 0.700.